The van der Waals surface area contributed by atoms with Crippen LogP contribution in [0, 0.1) is 0 Å². The monoisotopic (exact) mass is 457 g/mol. The Balaban J connectivity index is 1.32. The third kappa shape index (κ3) is 4.58. The van der Waals surface area contributed by atoms with Gasteiger partial charge in [0.2, 0.25) is 0 Å². The van der Waals surface area contributed by atoms with Gasteiger partial charge in [0.1, 0.15) is 17.3 Å². The lowest BCUT2D eigenvalue weighted by Crippen LogP contribution is -2.49. The fourth-order valence-corrected chi connectivity index (χ4v) is 4.08. The Labute approximate surface area is 197 Å². The molecular formula is C24H27N9O. The average molecular weight is 458 g/mol. The number of carbonyl (C=O) groups excluding carboxylic acids is 1. The predicted octanol–water partition coefficient (Wildman–Crippen LogP) is 2.60. The number of nitrogens with zero attached hydrogens (tertiary/aromatic N) is 8. The summed E-state index contributed by atoms with van der Waals surface area (Å²) in [6, 6.07) is 9.67. The first-order valence-electron chi connectivity index (χ1n) is 11.4. The summed E-state index contributed by atoms with van der Waals surface area (Å²) in [6.45, 7) is 8.18. The molecule has 4 aromatic rings. The van der Waals surface area contributed by atoms with Crippen molar-refractivity contribution in [3.63, 3.8) is 0 Å². The van der Waals surface area contributed by atoms with Gasteiger partial charge in [0, 0.05) is 68.7 Å². The van der Waals surface area contributed by atoms with Crippen LogP contribution in [0.5, 0.6) is 0 Å². The number of nitrogens with one attached hydrogen (secondary N) is 1. The van der Waals surface area contributed by atoms with Crippen LogP contribution in [0.15, 0.2) is 48.9 Å². The number of carbonyl (C=O) groups is 1. The fraction of sp³-hybridized carbons (Fsp3) is 0.333. The van der Waals surface area contributed by atoms with E-state index in [0.29, 0.717) is 34.3 Å². The number of rotatable bonds is 5. The van der Waals surface area contributed by atoms with E-state index in [0.717, 1.165) is 37.4 Å². The summed E-state index contributed by atoms with van der Waals surface area (Å²) >= 11 is 0. The lowest BCUT2D eigenvalue weighted by Gasteiger charge is -2.37. The molecule has 10 heteroatoms. The van der Waals surface area contributed by atoms with Gasteiger partial charge < -0.3 is 10.2 Å². The van der Waals surface area contributed by atoms with E-state index in [-0.39, 0.29) is 5.91 Å². The summed E-state index contributed by atoms with van der Waals surface area (Å²) in [5, 5.41) is 11.8. The van der Waals surface area contributed by atoms with Crippen molar-refractivity contribution in [1.82, 2.24) is 34.8 Å². The van der Waals surface area contributed by atoms with Crippen LogP contribution in [0.25, 0.3) is 22.3 Å². The summed E-state index contributed by atoms with van der Waals surface area (Å²) in [5.74, 6) is 1.02. The quantitative estimate of drug-likeness (QED) is 0.488. The van der Waals surface area contributed by atoms with Gasteiger partial charge in [-0.1, -0.05) is 5.21 Å². The smallest absolute Gasteiger partial charge is 0.257 e. The van der Waals surface area contributed by atoms with Crippen LogP contribution in [0.4, 0.5) is 11.6 Å². The number of hydrogen-bond donors (Lipinski definition) is 1. The second-order valence-electron chi connectivity index (χ2n) is 8.71. The molecule has 1 N–H and O–H groups in total. The molecule has 174 valence electrons. The highest BCUT2D eigenvalue weighted by atomic mass is 16.1. The van der Waals surface area contributed by atoms with E-state index in [2.05, 4.69) is 54.2 Å². The van der Waals surface area contributed by atoms with Crippen molar-refractivity contribution in [2.45, 2.75) is 19.9 Å². The van der Waals surface area contributed by atoms with E-state index < -0.39 is 0 Å². The number of hydrogen-bond acceptors (Lipinski definition) is 8. The minimum Gasteiger partial charge on any atom is -0.354 e. The molecule has 0 bridgehead atoms. The van der Waals surface area contributed by atoms with Crippen molar-refractivity contribution in [2.24, 2.45) is 7.05 Å². The number of pyridine rings is 3. The Morgan fingerprint density at radius 3 is 2.59 bits per heavy atom. The molecule has 0 saturated carbocycles. The molecule has 0 spiro atoms. The minimum atomic E-state index is -0.235. The molecule has 0 aromatic carbocycles. The number of aryl methyl sites for hydroxylation is 1. The molecule has 0 radical (unpaired) electrons. The van der Waals surface area contributed by atoms with Gasteiger partial charge in [0.05, 0.1) is 17.4 Å². The average Bonchev–Trinajstić information content (AvgIpc) is 3.30. The van der Waals surface area contributed by atoms with Crippen LogP contribution in [0.3, 0.4) is 0 Å². The predicted molar refractivity (Wildman–Crippen MR) is 131 cm³/mol. The summed E-state index contributed by atoms with van der Waals surface area (Å²) in [7, 11) is 1.81. The van der Waals surface area contributed by atoms with Gasteiger partial charge in [0.15, 0.2) is 0 Å². The van der Waals surface area contributed by atoms with E-state index in [4.69, 9.17) is 0 Å². The van der Waals surface area contributed by atoms with Gasteiger partial charge in [-0.25, -0.2) is 15.0 Å². The van der Waals surface area contributed by atoms with Gasteiger partial charge in [-0.2, -0.15) is 0 Å². The fourth-order valence-electron chi connectivity index (χ4n) is 4.08. The van der Waals surface area contributed by atoms with Gasteiger partial charge >= 0.3 is 0 Å². The molecule has 1 aliphatic heterocycles. The number of amides is 1. The first kappa shape index (κ1) is 21.9. The van der Waals surface area contributed by atoms with Crippen molar-refractivity contribution < 1.29 is 4.79 Å². The Hall–Kier alpha value is -3.92. The van der Waals surface area contributed by atoms with Crippen molar-refractivity contribution in [3.05, 3.63) is 54.5 Å². The maximum absolute atomic E-state index is 13.0. The molecule has 1 saturated heterocycles. The summed E-state index contributed by atoms with van der Waals surface area (Å²) in [6.07, 6.45) is 5.19. The summed E-state index contributed by atoms with van der Waals surface area (Å²) in [5.41, 5.74) is 2.65. The highest BCUT2D eigenvalue weighted by Crippen LogP contribution is 2.21. The first-order chi connectivity index (χ1) is 16.5. The van der Waals surface area contributed by atoms with Crippen LogP contribution in [-0.4, -0.2) is 73.0 Å². The number of piperazine rings is 1. The molecule has 1 amide bonds. The van der Waals surface area contributed by atoms with Crippen molar-refractivity contribution >= 4 is 28.4 Å². The number of fused-ring (bicyclic) bond motifs is 1. The minimum absolute atomic E-state index is 0.235. The van der Waals surface area contributed by atoms with Gasteiger partial charge in [0.25, 0.3) is 5.91 Å². The normalized spacial score (nSPS) is 14.6. The lowest BCUT2D eigenvalue weighted by atomic mass is 10.2. The Morgan fingerprint density at radius 2 is 1.85 bits per heavy atom. The second-order valence-corrected chi connectivity index (χ2v) is 8.71. The topological polar surface area (TPSA) is 105 Å². The zero-order chi connectivity index (χ0) is 23.7. The maximum Gasteiger partial charge on any atom is 0.257 e. The molecule has 5 heterocycles. The first-order valence-corrected chi connectivity index (χ1v) is 11.4. The standard InChI is InChI=1S/C24H27N9O/c1-16(2)32-8-10-33(11-9-32)23-12-17(6-7-25-23)24(34)28-22-13-20-18(14-26-22)4-5-19(27-20)21-15-31(3)30-29-21/h4-7,12-16H,8-11H2,1-3H3,(H,26,28,34). The van der Waals surface area contributed by atoms with Crippen molar-refractivity contribution in [1.29, 1.82) is 0 Å². The lowest BCUT2D eigenvalue weighted by molar-refractivity contribution is 0.102. The largest absolute Gasteiger partial charge is 0.354 e. The van der Waals surface area contributed by atoms with Crippen LogP contribution >= 0.6 is 0 Å². The molecule has 1 fully saturated rings. The maximum atomic E-state index is 13.0. The SMILES string of the molecule is CC(C)N1CCN(c2cc(C(=O)Nc3cc4nc(-c5cn(C)nn5)ccc4cn3)ccn2)CC1. The van der Waals surface area contributed by atoms with Gasteiger partial charge in [-0.05, 0) is 38.1 Å². The Kier molecular flexibility index (Phi) is 5.89. The Morgan fingerprint density at radius 1 is 1.03 bits per heavy atom. The zero-order valence-electron chi connectivity index (χ0n) is 19.5. The van der Waals surface area contributed by atoms with Gasteiger partial charge in [-0.3, -0.25) is 14.4 Å². The van der Waals surface area contributed by atoms with Crippen LogP contribution < -0.4 is 10.2 Å². The molecule has 34 heavy (non-hydrogen) atoms. The third-order valence-corrected chi connectivity index (χ3v) is 6.06. The van der Waals surface area contributed by atoms with E-state index in [9.17, 15) is 4.79 Å². The molecule has 1 aliphatic rings. The van der Waals surface area contributed by atoms with E-state index in [1.807, 2.05) is 31.4 Å². The van der Waals surface area contributed by atoms with E-state index in [1.165, 1.54) is 0 Å². The molecular weight excluding hydrogens is 430 g/mol. The Bertz CT molecular complexity index is 1330. The molecule has 0 atom stereocenters. The molecule has 5 rings (SSSR count). The number of aromatic nitrogens is 6. The molecule has 4 aromatic heterocycles. The highest BCUT2D eigenvalue weighted by molar-refractivity contribution is 6.04. The van der Waals surface area contributed by atoms with Crippen LogP contribution in [-0.2, 0) is 7.05 Å². The number of anilines is 2. The molecule has 10 nitrogen and oxygen atoms in total. The molecule has 0 aliphatic carbocycles. The zero-order valence-corrected chi connectivity index (χ0v) is 19.5. The summed E-state index contributed by atoms with van der Waals surface area (Å²) in [4.78, 5) is 31.2. The van der Waals surface area contributed by atoms with Gasteiger partial charge in [-0.15, -0.1) is 5.10 Å². The molecule has 0 unspecified atom stereocenters. The third-order valence-electron chi connectivity index (χ3n) is 6.06. The van der Waals surface area contributed by atoms with E-state index >= 15 is 0 Å². The highest BCUT2D eigenvalue weighted by Gasteiger charge is 2.20. The van der Waals surface area contributed by atoms with Crippen molar-refractivity contribution in [2.75, 3.05) is 36.4 Å². The van der Waals surface area contributed by atoms with E-state index in [1.54, 1.807) is 29.2 Å². The summed E-state index contributed by atoms with van der Waals surface area (Å²) < 4.78 is 1.63. The second kappa shape index (κ2) is 9.14. The van der Waals surface area contributed by atoms with Crippen molar-refractivity contribution in [3.8, 4) is 11.4 Å². The van der Waals surface area contributed by atoms with Crippen LogP contribution in [0.2, 0.25) is 0 Å². The van der Waals surface area contributed by atoms with Crippen LogP contribution in [0.1, 0.15) is 24.2 Å².